The SMILES string of the molecule is CC(C)[C@H]1COC(=O)N1C(=O)[C@H]1CC=CCC1. The Kier molecular flexibility index (Phi) is 3.50. The predicted octanol–water partition coefficient (Wildman–Crippen LogP) is 2.35. The zero-order valence-corrected chi connectivity index (χ0v) is 10.4. The van der Waals surface area contributed by atoms with Gasteiger partial charge >= 0.3 is 6.09 Å². The summed E-state index contributed by atoms with van der Waals surface area (Å²) in [5, 5.41) is 0. The van der Waals surface area contributed by atoms with Gasteiger partial charge in [0.15, 0.2) is 0 Å². The Hall–Kier alpha value is -1.32. The van der Waals surface area contributed by atoms with Crippen LogP contribution in [0.1, 0.15) is 33.1 Å². The van der Waals surface area contributed by atoms with Gasteiger partial charge in [-0.25, -0.2) is 9.69 Å². The molecular weight excluding hydrogens is 218 g/mol. The van der Waals surface area contributed by atoms with Crippen molar-refractivity contribution in [1.29, 1.82) is 0 Å². The number of cyclic esters (lactones) is 1. The fraction of sp³-hybridized carbons (Fsp3) is 0.692. The number of rotatable bonds is 2. The van der Waals surface area contributed by atoms with Crippen LogP contribution in [0.4, 0.5) is 4.79 Å². The van der Waals surface area contributed by atoms with Gasteiger partial charge in [-0.3, -0.25) is 4.79 Å². The van der Waals surface area contributed by atoms with E-state index in [1.54, 1.807) is 0 Å². The lowest BCUT2D eigenvalue weighted by Gasteiger charge is -2.27. The molecule has 2 rings (SSSR count). The van der Waals surface area contributed by atoms with Gasteiger partial charge in [0.2, 0.25) is 5.91 Å². The number of hydrogen-bond donors (Lipinski definition) is 0. The topological polar surface area (TPSA) is 46.6 Å². The van der Waals surface area contributed by atoms with Crippen LogP contribution < -0.4 is 0 Å². The minimum Gasteiger partial charge on any atom is -0.447 e. The lowest BCUT2D eigenvalue weighted by Crippen LogP contribution is -2.45. The first kappa shape index (κ1) is 12.1. The Bertz CT molecular complexity index is 349. The van der Waals surface area contributed by atoms with Crippen LogP contribution in [0.15, 0.2) is 12.2 Å². The van der Waals surface area contributed by atoms with Crippen molar-refractivity contribution in [1.82, 2.24) is 4.90 Å². The number of ether oxygens (including phenoxy) is 1. The summed E-state index contributed by atoms with van der Waals surface area (Å²) in [6.45, 7) is 4.35. The third kappa shape index (κ3) is 2.35. The molecule has 0 unspecified atom stereocenters. The van der Waals surface area contributed by atoms with Gasteiger partial charge in [0.1, 0.15) is 6.61 Å². The van der Waals surface area contributed by atoms with E-state index in [1.165, 1.54) is 4.90 Å². The second-order valence-electron chi connectivity index (χ2n) is 5.08. The second-order valence-corrected chi connectivity index (χ2v) is 5.08. The van der Waals surface area contributed by atoms with E-state index in [9.17, 15) is 9.59 Å². The first-order valence-corrected chi connectivity index (χ1v) is 6.26. The van der Waals surface area contributed by atoms with Gasteiger partial charge in [0, 0.05) is 5.92 Å². The van der Waals surface area contributed by atoms with Crippen LogP contribution in [-0.2, 0) is 9.53 Å². The molecule has 2 aliphatic rings. The molecule has 2 atom stereocenters. The Morgan fingerprint density at radius 3 is 2.82 bits per heavy atom. The zero-order valence-electron chi connectivity index (χ0n) is 10.4. The van der Waals surface area contributed by atoms with Gasteiger partial charge in [-0.1, -0.05) is 26.0 Å². The number of carbonyl (C=O) groups excluding carboxylic acids is 2. The standard InChI is InChI=1S/C13H19NO3/c1-9(2)11-8-17-13(16)14(11)12(15)10-6-4-3-5-7-10/h3-4,9-11H,5-8H2,1-2H3/t10-,11+/m0/s1. The van der Waals surface area contributed by atoms with Crippen molar-refractivity contribution in [2.75, 3.05) is 6.61 Å². The highest BCUT2D eigenvalue weighted by molar-refractivity contribution is 5.95. The first-order chi connectivity index (χ1) is 8.11. The normalized spacial score (nSPS) is 28.6. The van der Waals surface area contributed by atoms with Crippen LogP contribution in [0.3, 0.4) is 0 Å². The number of imide groups is 1. The van der Waals surface area contributed by atoms with Crippen molar-refractivity contribution in [2.24, 2.45) is 11.8 Å². The van der Waals surface area contributed by atoms with Gasteiger partial charge in [0.05, 0.1) is 6.04 Å². The maximum atomic E-state index is 12.3. The van der Waals surface area contributed by atoms with Crippen LogP contribution in [0.25, 0.3) is 0 Å². The minimum atomic E-state index is -0.469. The molecule has 0 radical (unpaired) electrons. The van der Waals surface area contributed by atoms with E-state index >= 15 is 0 Å². The van der Waals surface area contributed by atoms with E-state index in [-0.39, 0.29) is 23.8 Å². The first-order valence-electron chi connectivity index (χ1n) is 6.26. The number of amides is 2. The quantitative estimate of drug-likeness (QED) is 0.692. The summed E-state index contributed by atoms with van der Waals surface area (Å²) in [6, 6.07) is -0.0964. The molecule has 1 fully saturated rings. The third-order valence-corrected chi connectivity index (χ3v) is 3.53. The summed E-state index contributed by atoms with van der Waals surface area (Å²) in [5.41, 5.74) is 0. The molecule has 1 aliphatic carbocycles. The minimum absolute atomic E-state index is 0.0492. The molecule has 0 aromatic carbocycles. The molecule has 4 nitrogen and oxygen atoms in total. The molecule has 2 amide bonds. The monoisotopic (exact) mass is 237 g/mol. The fourth-order valence-corrected chi connectivity index (χ4v) is 2.39. The van der Waals surface area contributed by atoms with E-state index < -0.39 is 6.09 Å². The summed E-state index contributed by atoms with van der Waals surface area (Å²) in [7, 11) is 0. The molecule has 1 heterocycles. The molecule has 94 valence electrons. The van der Waals surface area contributed by atoms with E-state index in [0.717, 1.165) is 19.3 Å². The van der Waals surface area contributed by atoms with Gasteiger partial charge in [-0.05, 0) is 25.2 Å². The predicted molar refractivity (Wildman–Crippen MR) is 63.3 cm³/mol. The molecule has 0 spiro atoms. The smallest absolute Gasteiger partial charge is 0.416 e. The van der Waals surface area contributed by atoms with E-state index in [0.29, 0.717) is 6.61 Å². The van der Waals surface area contributed by atoms with Gasteiger partial charge in [-0.15, -0.1) is 0 Å². The lowest BCUT2D eigenvalue weighted by atomic mass is 9.92. The molecule has 0 aromatic rings. The summed E-state index contributed by atoms with van der Waals surface area (Å²) >= 11 is 0. The largest absolute Gasteiger partial charge is 0.447 e. The third-order valence-electron chi connectivity index (χ3n) is 3.53. The molecule has 0 bridgehead atoms. The summed E-state index contributed by atoms with van der Waals surface area (Å²) in [4.78, 5) is 25.3. The molecule has 17 heavy (non-hydrogen) atoms. The molecule has 1 aliphatic heterocycles. The highest BCUT2D eigenvalue weighted by atomic mass is 16.6. The summed E-state index contributed by atoms with van der Waals surface area (Å²) < 4.78 is 5.00. The molecule has 0 N–H and O–H groups in total. The summed E-state index contributed by atoms with van der Waals surface area (Å²) in [5.74, 6) is 0.131. The number of nitrogens with zero attached hydrogens (tertiary/aromatic N) is 1. The zero-order chi connectivity index (χ0) is 12.4. The van der Waals surface area contributed by atoms with E-state index in [4.69, 9.17) is 4.74 Å². The van der Waals surface area contributed by atoms with Crippen LogP contribution >= 0.6 is 0 Å². The Morgan fingerprint density at radius 2 is 2.24 bits per heavy atom. The molecule has 4 heteroatoms. The number of carbonyl (C=O) groups is 2. The Labute approximate surface area is 102 Å². The van der Waals surface area contributed by atoms with Crippen LogP contribution in [0, 0.1) is 11.8 Å². The fourth-order valence-electron chi connectivity index (χ4n) is 2.39. The lowest BCUT2D eigenvalue weighted by molar-refractivity contribution is -0.134. The van der Waals surface area contributed by atoms with Gasteiger partial charge < -0.3 is 4.74 Å². The summed E-state index contributed by atoms with van der Waals surface area (Å²) in [6.07, 6.45) is 6.15. The van der Waals surface area contributed by atoms with Crippen molar-refractivity contribution in [2.45, 2.75) is 39.2 Å². The Balaban J connectivity index is 2.11. The molecule has 1 saturated heterocycles. The maximum Gasteiger partial charge on any atom is 0.416 e. The van der Waals surface area contributed by atoms with Crippen LogP contribution in [-0.4, -0.2) is 29.5 Å². The maximum absolute atomic E-state index is 12.3. The van der Waals surface area contributed by atoms with Crippen molar-refractivity contribution in [3.63, 3.8) is 0 Å². The van der Waals surface area contributed by atoms with Gasteiger partial charge in [-0.2, -0.15) is 0 Å². The number of allylic oxidation sites excluding steroid dienone is 2. The number of hydrogen-bond acceptors (Lipinski definition) is 3. The van der Waals surface area contributed by atoms with Crippen molar-refractivity contribution >= 4 is 12.0 Å². The van der Waals surface area contributed by atoms with Gasteiger partial charge in [0.25, 0.3) is 0 Å². The van der Waals surface area contributed by atoms with Crippen molar-refractivity contribution < 1.29 is 14.3 Å². The van der Waals surface area contributed by atoms with Crippen LogP contribution in [0.5, 0.6) is 0 Å². The van der Waals surface area contributed by atoms with E-state index in [2.05, 4.69) is 6.08 Å². The molecule has 0 aromatic heterocycles. The highest BCUT2D eigenvalue weighted by Crippen LogP contribution is 2.26. The average molecular weight is 237 g/mol. The second kappa shape index (κ2) is 4.90. The Morgan fingerprint density at radius 1 is 1.47 bits per heavy atom. The van der Waals surface area contributed by atoms with Crippen LogP contribution in [0.2, 0.25) is 0 Å². The van der Waals surface area contributed by atoms with E-state index in [1.807, 2.05) is 19.9 Å². The molecule has 0 saturated carbocycles. The molecular formula is C13H19NO3. The van der Waals surface area contributed by atoms with Crippen molar-refractivity contribution in [3.8, 4) is 0 Å². The highest BCUT2D eigenvalue weighted by Gasteiger charge is 2.41. The van der Waals surface area contributed by atoms with Crippen molar-refractivity contribution in [3.05, 3.63) is 12.2 Å². The average Bonchev–Trinajstić information content (AvgIpc) is 2.71.